The average Bonchev–Trinajstić information content (AvgIpc) is 1.79. The van der Waals surface area contributed by atoms with Crippen LogP contribution < -0.4 is 5.73 Å². The highest BCUT2D eigenvalue weighted by molar-refractivity contribution is 5.88. The molecule has 3 unspecified atom stereocenters. The van der Waals surface area contributed by atoms with Gasteiger partial charge < -0.3 is 5.73 Å². The number of hydrogen-bond donors (Lipinski definition) is 1. The summed E-state index contributed by atoms with van der Waals surface area (Å²) in [4.78, 5) is 4.65. The predicted molar refractivity (Wildman–Crippen MR) is 44.7 cm³/mol. The smallest absolute Gasteiger partial charge is 0.0519 e. The Morgan fingerprint density at radius 3 is 3.00 bits per heavy atom. The highest BCUT2D eigenvalue weighted by Crippen LogP contribution is 2.45. The topological polar surface area (TPSA) is 38.4 Å². The fraction of sp³-hybridized carbons (Fsp3) is 0.889. The largest absolute Gasteiger partial charge is 0.325 e. The van der Waals surface area contributed by atoms with Crippen molar-refractivity contribution in [2.45, 2.75) is 43.7 Å². The lowest BCUT2D eigenvalue weighted by Crippen LogP contribution is -2.56. The lowest BCUT2D eigenvalue weighted by atomic mass is 9.63. The molecule has 11 heavy (non-hydrogen) atoms. The maximum atomic E-state index is 6.24. The number of nitrogens with zero attached hydrogens (tertiary/aromatic N) is 1. The molecular weight excluding hydrogens is 136 g/mol. The Balaban J connectivity index is 2.06. The first-order valence-corrected chi connectivity index (χ1v) is 4.58. The van der Waals surface area contributed by atoms with Gasteiger partial charge in [0.05, 0.1) is 6.04 Å². The second-order valence-corrected chi connectivity index (χ2v) is 4.60. The first-order chi connectivity index (χ1) is 5.23. The Morgan fingerprint density at radius 2 is 2.36 bits per heavy atom. The SMILES string of the molecule is NC12CC3=NC(CC(C3)C1)C2. The third-order valence-electron chi connectivity index (χ3n) is 3.39. The van der Waals surface area contributed by atoms with Crippen LogP contribution in [0.4, 0.5) is 0 Å². The summed E-state index contributed by atoms with van der Waals surface area (Å²) in [7, 11) is 0. The van der Waals surface area contributed by atoms with Crippen LogP contribution in [-0.4, -0.2) is 17.3 Å². The normalized spacial score (nSPS) is 53.0. The molecule has 0 spiro atoms. The van der Waals surface area contributed by atoms with Crippen LogP contribution in [0.5, 0.6) is 0 Å². The summed E-state index contributed by atoms with van der Waals surface area (Å²) in [6.45, 7) is 0. The maximum absolute atomic E-state index is 6.24. The van der Waals surface area contributed by atoms with Crippen molar-refractivity contribution < 1.29 is 0 Å². The molecule has 2 aliphatic carbocycles. The summed E-state index contributed by atoms with van der Waals surface area (Å²) in [6.07, 6.45) is 6.10. The van der Waals surface area contributed by atoms with E-state index < -0.39 is 0 Å². The van der Waals surface area contributed by atoms with Crippen molar-refractivity contribution >= 4 is 5.71 Å². The van der Waals surface area contributed by atoms with Gasteiger partial charge in [0.15, 0.2) is 0 Å². The summed E-state index contributed by atoms with van der Waals surface area (Å²) >= 11 is 0. The van der Waals surface area contributed by atoms with Gasteiger partial charge in [0, 0.05) is 17.7 Å². The van der Waals surface area contributed by atoms with Crippen LogP contribution in [0.1, 0.15) is 32.1 Å². The molecular formula is C9H14N2. The molecule has 0 saturated heterocycles. The Hall–Kier alpha value is -0.370. The van der Waals surface area contributed by atoms with E-state index in [-0.39, 0.29) is 5.54 Å². The molecule has 4 bridgehead atoms. The molecule has 2 aliphatic heterocycles. The minimum atomic E-state index is 0.170. The van der Waals surface area contributed by atoms with E-state index in [1.165, 1.54) is 25.0 Å². The maximum Gasteiger partial charge on any atom is 0.0519 e. The van der Waals surface area contributed by atoms with Gasteiger partial charge in [-0.15, -0.1) is 0 Å². The fourth-order valence-electron chi connectivity index (χ4n) is 3.25. The molecule has 0 aromatic carbocycles. The van der Waals surface area contributed by atoms with Crippen molar-refractivity contribution in [3.05, 3.63) is 0 Å². The summed E-state index contributed by atoms with van der Waals surface area (Å²) in [5, 5.41) is 0. The van der Waals surface area contributed by atoms with Gasteiger partial charge in [-0.05, 0) is 31.6 Å². The van der Waals surface area contributed by atoms with E-state index >= 15 is 0 Å². The molecule has 0 radical (unpaired) electrons. The molecule has 60 valence electrons. The van der Waals surface area contributed by atoms with Gasteiger partial charge in [-0.25, -0.2) is 0 Å². The van der Waals surface area contributed by atoms with E-state index in [1.807, 2.05) is 0 Å². The summed E-state index contributed by atoms with van der Waals surface area (Å²) in [5.41, 5.74) is 7.83. The molecule has 2 heterocycles. The second-order valence-electron chi connectivity index (χ2n) is 4.60. The average molecular weight is 150 g/mol. The predicted octanol–water partition coefficient (Wildman–Crippen LogP) is 1.10. The molecule has 4 rings (SSSR count). The lowest BCUT2D eigenvalue weighted by molar-refractivity contribution is 0.174. The van der Waals surface area contributed by atoms with E-state index in [0.29, 0.717) is 6.04 Å². The fourth-order valence-corrected chi connectivity index (χ4v) is 3.25. The van der Waals surface area contributed by atoms with Crippen molar-refractivity contribution in [2.24, 2.45) is 16.6 Å². The third-order valence-corrected chi connectivity index (χ3v) is 3.39. The molecule has 3 atom stereocenters. The van der Waals surface area contributed by atoms with Gasteiger partial charge in [0.1, 0.15) is 0 Å². The van der Waals surface area contributed by atoms with Crippen molar-refractivity contribution in [2.75, 3.05) is 0 Å². The van der Waals surface area contributed by atoms with Gasteiger partial charge in [-0.1, -0.05) is 0 Å². The van der Waals surface area contributed by atoms with E-state index in [2.05, 4.69) is 4.99 Å². The minimum absolute atomic E-state index is 0.170. The highest BCUT2D eigenvalue weighted by Gasteiger charge is 2.45. The van der Waals surface area contributed by atoms with Crippen molar-refractivity contribution in [3.63, 3.8) is 0 Å². The van der Waals surface area contributed by atoms with E-state index in [9.17, 15) is 0 Å². The number of aliphatic imine (C=N–C) groups is 1. The zero-order valence-electron chi connectivity index (χ0n) is 6.71. The van der Waals surface area contributed by atoms with Gasteiger partial charge in [0.25, 0.3) is 0 Å². The Kier molecular flexibility index (Phi) is 0.947. The van der Waals surface area contributed by atoms with E-state index in [4.69, 9.17) is 5.73 Å². The quantitative estimate of drug-likeness (QED) is 0.551. The summed E-state index contributed by atoms with van der Waals surface area (Å²) in [5.74, 6) is 0.889. The second kappa shape index (κ2) is 1.69. The summed E-state index contributed by atoms with van der Waals surface area (Å²) < 4.78 is 0. The van der Waals surface area contributed by atoms with Gasteiger partial charge >= 0.3 is 0 Å². The molecule has 2 nitrogen and oxygen atoms in total. The molecule has 2 fully saturated rings. The van der Waals surface area contributed by atoms with Gasteiger partial charge in [0.2, 0.25) is 0 Å². The van der Waals surface area contributed by atoms with Gasteiger partial charge in [-0.2, -0.15) is 0 Å². The zero-order chi connectivity index (χ0) is 7.47. The zero-order valence-corrected chi connectivity index (χ0v) is 6.71. The summed E-state index contributed by atoms with van der Waals surface area (Å²) in [6, 6.07) is 0.608. The number of nitrogens with two attached hydrogens (primary N) is 1. The lowest BCUT2D eigenvalue weighted by Gasteiger charge is -2.49. The number of hydrogen-bond acceptors (Lipinski definition) is 2. The Morgan fingerprint density at radius 1 is 1.45 bits per heavy atom. The van der Waals surface area contributed by atoms with E-state index in [0.717, 1.165) is 18.8 Å². The van der Waals surface area contributed by atoms with Gasteiger partial charge in [-0.3, -0.25) is 4.99 Å². The van der Waals surface area contributed by atoms with Crippen molar-refractivity contribution in [1.82, 2.24) is 0 Å². The van der Waals surface area contributed by atoms with Crippen molar-refractivity contribution in [1.29, 1.82) is 0 Å². The van der Waals surface area contributed by atoms with Crippen LogP contribution in [0.25, 0.3) is 0 Å². The van der Waals surface area contributed by atoms with E-state index in [1.54, 1.807) is 0 Å². The first-order valence-electron chi connectivity index (χ1n) is 4.58. The molecule has 2 heteroatoms. The molecule has 2 saturated carbocycles. The third kappa shape index (κ3) is 0.791. The van der Waals surface area contributed by atoms with Crippen LogP contribution in [0.15, 0.2) is 4.99 Å². The van der Waals surface area contributed by atoms with Crippen LogP contribution in [0.2, 0.25) is 0 Å². The van der Waals surface area contributed by atoms with Crippen LogP contribution in [-0.2, 0) is 0 Å². The van der Waals surface area contributed by atoms with Crippen LogP contribution >= 0.6 is 0 Å². The molecule has 0 amide bonds. The van der Waals surface area contributed by atoms with Crippen LogP contribution in [0.3, 0.4) is 0 Å². The highest BCUT2D eigenvalue weighted by atomic mass is 14.9. The Bertz CT molecular complexity index is 234. The minimum Gasteiger partial charge on any atom is -0.325 e. The van der Waals surface area contributed by atoms with Crippen LogP contribution in [0, 0.1) is 5.92 Å². The monoisotopic (exact) mass is 150 g/mol. The first kappa shape index (κ1) is 6.18. The number of rotatable bonds is 0. The Labute approximate surface area is 66.9 Å². The standard InChI is InChI=1S/C9H14N2/c10-9-3-6-1-7(4-9)11-8(2-6)5-9/h6-7H,1-5,10H2. The molecule has 0 aromatic heterocycles. The van der Waals surface area contributed by atoms with Crippen molar-refractivity contribution in [3.8, 4) is 0 Å². The molecule has 2 N–H and O–H groups in total. The molecule has 0 aromatic rings. The molecule has 4 aliphatic rings.